The third-order valence-electron chi connectivity index (χ3n) is 5.89. The fraction of sp³-hybridized carbons (Fsp3) is 0.240. The van der Waals surface area contributed by atoms with Gasteiger partial charge >= 0.3 is 37.9 Å². The summed E-state index contributed by atoms with van der Waals surface area (Å²) in [5, 5.41) is 11.1. The summed E-state index contributed by atoms with van der Waals surface area (Å²) in [5.74, 6) is -10.4. The molecule has 0 aromatic heterocycles. The van der Waals surface area contributed by atoms with Crippen molar-refractivity contribution in [3.63, 3.8) is 0 Å². The van der Waals surface area contributed by atoms with E-state index in [0.717, 1.165) is 38.3 Å². The molecule has 3 aromatic rings. The van der Waals surface area contributed by atoms with Crippen molar-refractivity contribution < 1.29 is 47.9 Å². The predicted octanol–water partition coefficient (Wildman–Crippen LogP) is 8.93. The van der Waals surface area contributed by atoms with Gasteiger partial charge in [-0.25, -0.2) is 26.9 Å². The van der Waals surface area contributed by atoms with E-state index < -0.39 is 55.6 Å². The van der Waals surface area contributed by atoms with Crippen molar-refractivity contribution in [1.29, 1.82) is 0 Å². The number of nitrogens with zero attached hydrogens (tertiary/aromatic N) is 1. The van der Waals surface area contributed by atoms with E-state index in [4.69, 9.17) is 17.0 Å². The summed E-state index contributed by atoms with van der Waals surface area (Å²) >= 11 is -0.826. The summed E-state index contributed by atoms with van der Waals surface area (Å²) < 4.78 is 68.7. The maximum absolute atomic E-state index is 14.1. The molecule has 184 valence electrons. The summed E-state index contributed by atoms with van der Waals surface area (Å²) in [6.45, 7) is 0. The van der Waals surface area contributed by atoms with Crippen LogP contribution in [0, 0.1) is 29.1 Å². The van der Waals surface area contributed by atoms with Crippen LogP contribution in [-0.2, 0) is 20.8 Å². The van der Waals surface area contributed by atoms with Crippen LogP contribution >= 0.6 is 17.0 Å². The molecule has 3 aromatic carbocycles. The Hall–Kier alpha value is -1.76. The Labute approximate surface area is 218 Å². The molecule has 0 amide bonds. The molecule has 10 heteroatoms. The van der Waals surface area contributed by atoms with Crippen molar-refractivity contribution in [2.24, 2.45) is 4.99 Å². The average molecular weight is 608 g/mol. The zero-order valence-corrected chi connectivity index (χ0v) is 22.2. The van der Waals surface area contributed by atoms with Crippen LogP contribution in [0.1, 0.15) is 49.1 Å². The fourth-order valence-electron chi connectivity index (χ4n) is 4.20. The van der Waals surface area contributed by atoms with Crippen LogP contribution < -0.4 is 0 Å². The third kappa shape index (κ3) is 6.33. The number of hydrogen-bond acceptors (Lipinski definition) is 2. The second-order valence-electron chi connectivity index (χ2n) is 7.91. The molecule has 0 radical (unpaired) electrons. The molecule has 4 rings (SSSR count). The number of halogens is 7. The van der Waals surface area contributed by atoms with Crippen molar-refractivity contribution in [2.45, 2.75) is 38.0 Å². The number of benzene rings is 3. The zero-order valence-electron chi connectivity index (χ0n) is 18.3. The van der Waals surface area contributed by atoms with Gasteiger partial charge in [-0.1, -0.05) is 61.7 Å². The van der Waals surface area contributed by atoms with E-state index in [0.29, 0.717) is 16.7 Å². The number of phenolic OH excluding ortho intramolecular Hbond substituents is 1. The van der Waals surface area contributed by atoms with E-state index in [1.165, 1.54) is 0 Å². The van der Waals surface area contributed by atoms with Crippen LogP contribution in [0.3, 0.4) is 0 Å². The molecular weight excluding hydrogens is 587 g/mol. The van der Waals surface area contributed by atoms with E-state index in [2.05, 4.69) is 4.99 Å². The molecule has 1 aliphatic rings. The van der Waals surface area contributed by atoms with Crippen LogP contribution in [0.25, 0.3) is 11.1 Å². The van der Waals surface area contributed by atoms with Crippen molar-refractivity contribution in [1.82, 2.24) is 0 Å². The van der Waals surface area contributed by atoms with Crippen molar-refractivity contribution in [3.8, 4) is 16.9 Å². The van der Waals surface area contributed by atoms with Gasteiger partial charge < -0.3 is 5.11 Å². The summed E-state index contributed by atoms with van der Waals surface area (Å²) in [6, 6.07) is 12.5. The van der Waals surface area contributed by atoms with Gasteiger partial charge in [0, 0.05) is 11.8 Å². The monoisotopic (exact) mass is 605 g/mol. The quantitative estimate of drug-likeness (QED) is 0.137. The molecule has 0 bridgehead atoms. The standard InChI is InChI=1S/C25H20F5NO.2ClH.Zr/c26-19-20(27)22(29)24(23(30)21(19)28)31-13-18-16(14-7-3-1-4-8-14)11-12-17(25(18)32)15-9-5-2-6-10-15;;;/h1,3-4,7-8,11-13,15,32H,2,5-6,9-10H2;2*1H;/q;;;+2/p-2. The van der Waals surface area contributed by atoms with Gasteiger partial charge in [-0.2, -0.15) is 0 Å². The van der Waals surface area contributed by atoms with Crippen LogP contribution in [0.2, 0.25) is 0 Å². The van der Waals surface area contributed by atoms with Crippen LogP contribution in [-0.4, -0.2) is 11.3 Å². The van der Waals surface area contributed by atoms with Crippen LogP contribution in [0.15, 0.2) is 47.5 Å². The molecule has 0 saturated heterocycles. The first-order valence-electron chi connectivity index (χ1n) is 10.7. The van der Waals surface area contributed by atoms with Crippen molar-refractivity contribution in [2.75, 3.05) is 0 Å². The first-order valence-corrected chi connectivity index (χ1v) is 17.1. The molecule has 0 aliphatic heterocycles. The normalized spacial score (nSPS) is 14.0. The van der Waals surface area contributed by atoms with Gasteiger partial charge in [0.15, 0.2) is 23.3 Å². The van der Waals surface area contributed by atoms with E-state index in [1.807, 2.05) is 12.1 Å². The minimum absolute atomic E-state index is 0.106. The number of aliphatic imine (C=N–C) groups is 1. The molecular formula is C25H20Cl2F5NOZr. The molecule has 0 spiro atoms. The van der Waals surface area contributed by atoms with Gasteiger partial charge in [0.1, 0.15) is 11.4 Å². The summed E-state index contributed by atoms with van der Waals surface area (Å²) in [7, 11) is 9.87. The first kappa shape index (κ1) is 27.8. The molecule has 1 fully saturated rings. The van der Waals surface area contributed by atoms with E-state index in [1.54, 1.807) is 30.3 Å². The zero-order chi connectivity index (χ0) is 25.5. The predicted molar refractivity (Wildman–Crippen MR) is 125 cm³/mol. The number of aromatic hydroxyl groups is 1. The average Bonchev–Trinajstić information content (AvgIpc) is 2.88. The number of rotatable bonds is 4. The van der Waals surface area contributed by atoms with Crippen molar-refractivity contribution in [3.05, 3.63) is 82.7 Å². The van der Waals surface area contributed by atoms with Crippen molar-refractivity contribution >= 4 is 28.9 Å². The molecule has 35 heavy (non-hydrogen) atoms. The topological polar surface area (TPSA) is 32.6 Å². The van der Waals surface area contributed by atoms with Gasteiger partial charge in [0.05, 0.1) is 0 Å². The van der Waals surface area contributed by atoms with E-state index >= 15 is 0 Å². The van der Waals surface area contributed by atoms with Gasteiger partial charge in [-0.15, -0.1) is 0 Å². The third-order valence-corrected chi connectivity index (χ3v) is 5.89. The Morgan fingerprint density at radius 3 is 1.91 bits per heavy atom. The summed E-state index contributed by atoms with van der Waals surface area (Å²) in [6.07, 6.45) is 5.92. The molecule has 0 heterocycles. The number of phenols is 1. The van der Waals surface area contributed by atoms with Gasteiger partial charge in [-0.3, -0.25) is 0 Å². The van der Waals surface area contributed by atoms with E-state index in [9.17, 15) is 27.1 Å². The van der Waals surface area contributed by atoms with Gasteiger partial charge in [-0.05, 0) is 35.4 Å². The number of hydrogen-bond donors (Lipinski definition) is 1. The van der Waals surface area contributed by atoms with Crippen LogP contribution in [0.4, 0.5) is 27.6 Å². The second-order valence-corrected chi connectivity index (χ2v) is 11.6. The maximum atomic E-state index is 14.1. The Morgan fingerprint density at radius 2 is 1.34 bits per heavy atom. The molecule has 1 N–H and O–H groups in total. The van der Waals surface area contributed by atoms with Gasteiger partial charge in [0.25, 0.3) is 0 Å². The molecule has 0 atom stereocenters. The summed E-state index contributed by atoms with van der Waals surface area (Å²) in [4.78, 5) is 3.59. The fourth-order valence-corrected chi connectivity index (χ4v) is 4.20. The first-order chi connectivity index (χ1) is 16.8. The van der Waals surface area contributed by atoms with Gasteiger partial charge in [0.2, 0.25) is 5.82 Å². The Morgan fingerprint density at radius 1 is 0.800 bits per heavy atom. The Bertz CT molecular complexity index is 1180. The SMILES string of the molecule is Oc1c(C2CCCCC2)ccc(-c2ccccc2)c1C=Nc1c(F)c(F)c(F)c(F)c1F.[Cl][Zr][Cl]. The second kappa shape index (κ2) is 13.0. The Kier molecular flexibility index (Phi) is 10.3. The minimum atomic E-state index is -2.24. The molecule has 0 unspecified atom stereocenters. The molecule has 2 nitrogen and oxygen atoms in total. The van der Waals surface area contributed by atoms with E-state index in [-0.39, 0.29) is 17.2 Å². The summed E-state index contributed by atoms with van der Waals surface area (Å²) in [5.41, 5.74) is 0.765. The molecule has 1 aliphatic carbocycles. The molecule has 1 saturated carbocycles. The van der Waals surface area contributed by atoms with Crippen LogP contribution in [0.5, 0.6) is 5.75 Å². The Balaban J connectivity index is 0.00000108.